The summed E-state index contributed by atoms with van der Waals surface area (Å²) in [5, 5.41) is 2.57. The molecule has 0 saturated carbocycles. The van der Waals surface area contributed by atoms with E-state index in [4.69, 9.17) is 11.6 Å². The summed E-state index contributed by atoms with van der Waals surface area (Å²) >= 11 is 5.61. The van der Waals surface area contributed by atoms with E-state index in [1.807, 2.05) is 0 Å². The van der Waals surface area contributed by atoms with Gasteiger partial charge in [-0.25, -0.2) is 18.7 Å². The number of rotatable bonds is 2. The number of halogens is 3. The zero-order valence-electron chi connectivity index (χ0n) is 8.84. The number of aromatic nitrogens is 2. The summed E-state index contributed by atoms with van der Waals surface area (Å²) in [6, 6.07) is 3.60. The Bertz CT molecular complexity index is 540. The monoisotopic (exact) mass is 255 g/mol. The van der Waals surface area contributed by atoms with Crippen molar-refractivity contribution in [2.75, 3.05) is 5.32 Å². The van der Waals surface area contributed by atoms with E-state index >= 15 is 0 Å². The van der Waals surface area contributed by atoms with Crippen LogP contribution in [0.15, 0.2) is 24.4 Å². The molecule has 0 bridgehead atoms. The molecule has 1 aromatic carbocycles. The van der Waals surface area contributed by atoms with Crippen LogP contribution in [0.3, 0.4) is 0 Å². The maximum atomic E-state index is 13.4. The van der Waals surface area contributed by atoms with Gasteiger partial charge in [-0.2, -0.15) is 0 Å². The molecular weight excluding hydrogens is 248 g/mol. The lowest BCUT2D eigenvalue weighted by atomic mass is 10.2. The first-order valence-corrected chi connectivity index (χ1v) is 5.16. The third-order valence-corrected chi connectivity index (χ3v) is 2.33. The predicted octanol–water partition coefficient (Wildman–Crippen LogP) is 3.46. The van der Waals surface area contributed by atoms with E-state index in [-0.39, 0.29) is 16.8 Å². The van der Waals surface area contributed by atoms with Crippen molar-refractivity contribution in [3.63, 3.8) is 0 Å². The Hall–Kier alpha value is -1.75. The maximum absolute atomic E-state index is 13.4. The standard InChI is InChI=1S/C11H8ClF2N3/c1-6-5-15-11(12)17-10(6)16-9-7(13)3-2-4-8(9)14/h2-5H,1H3,(H,15,16,17). The fourth-order valence-corrected chi connectivity index (χ4v) is 1.42. The van der Waals surface area contributed by atoms with Crippen molar-refractivity contribution < 1.29 is 8.78 Å². The number of nitrogens with zero attached hydrogens (tertiary/aromatic N) is 2. The van der Waals surface area contributed by atoms with E-state index in [0.717, 1.165) is 12.1 Å². The molecular formula is C11H8ClF2N3. The smallest absolute Gasteiger partial charge is 0.224 e. The first kappa shape index (κ1) is 11.7. The number of hydrogen-bond donors (Lipinski definition) is 1. The highest BCUT2D eigenvalue weighted by atomic mass is 35.5. The second-order valence-electron chi connectivity index (χ2n) is 3.39. The largest absolute Gasteiger partial charge is 0.335 e. The lowest BCUT2D eigenvalue weighted by Crippen LogP contribution is -2.02. The van der Waals surface area contributed by atoms with Gasteiger partial charge in [-0.15, -0.1) is 0 Å². The molecule has 6 heteroatoms. The molecule has 0 spiro atoms. The SMILES string of the molecule is Cc1cnc(Cl)nc1Nc1c(F)cccc1F. The zero-order chi connectivity index (χ0) is 12.4. The Labute approximate surface area is 101 Å². The molecule has 1 aromatic heterocycles. The molecule has 0 aliphatic rings. The van der Waals surface area contributed by atoms with Crippen molar-refractivity contribution in [2.24, 2.45) is 0 Å². The van der Waals surface area contributed by atoms with Crippen molar-refractivity contribution in [3.8, 4) is 0 Å². The molecule has 0 amide bonds. The highest BCUT2D eigenvalue weighted by Crippen LogP contribution is 2.24. The Morgan fingerprint density at radius 2 is 1.88 bits per heavy atom. The van der Waals surface area contributed by atoms with Gasteiger partial charge in [-0.1, -0.05) is 6.07 Å². The summed E-state index contributed by atoms with van der Waals surface area (Å²) in [6.45, 7) is 1.71. The number of benzene rings is 1. The van der Waals surface area contributed by atoms with Crippen molar-refractivity contribution in [1.82, 2.24) is 9.97 Å². The minimum atomic E-state index is -0.695. The molecule has 0 aliphatic carbocycles. The van der Waals surface area contributed by atoms with Crippen LogP contribution in [0.1, 0.15) is 5.56 Å². The fourth-order valence-electron chi connectivity index (χ4n) is 1.28. The average Bonchev–Trinajstić information content (AvgIpc) is 2.28. The average molecular weight is 256 g/mol. The van der Waals surface area contributed by atoms with Gasteiger partial charge >= 0.3 is 0 Å². The van der Waals surface area contributed by atoms with E-state index in [2.05, 4.69) is 15.3 Å². The van der Waals surface area contributed by atoms with Crippen LogP contribution in [0.5, 0.6) is 0 Å². The summed E-state index contributed by atoms with van der Waals surface area (Å²) in [6.07, 6.45) is 1.47. The van der Waals surface area contributed by atoms with Crippen LogP contribution in [-0.2, 0) is 0 Å². The molecule has 0 aliphatic heterocycles. The first-order chi connectivity index (χ1) is 8.08. The van der Waals surface area contributed by atoms with Gasteiger partial charge in [0, 0.05) is 11.8 Å². The second kappa shape index (κ2) is 4.63. The summed E-state index contributed by atoms with van der Waals surface area (Å²) in [5.41, 5.74) is 0.377. The molecule has 0 fully saturated rings. The van der Waals surface area contributed by atoms with Crippen LogP contribution in [0.2, 0.25) is 5.28 Å². The van der Waals surface area contributed by atoms with E-state index in [9.17, 15) is 8.78 Å². The molecule has 3 nitrogen and oxygen atoms in total. The van der Waals surface area contributed by atoms with E-state index in [1.165, 1.54) is 12.3 Å². The molecule has 0 radical (unpaired) electrons. The number of aryl methyl sites for hydroxylation is 1. The van der Waals surface area contributed by atoms with Crippen molar-refractivity contribution in [2.45, 2.75) is 6.92 Å². The number of anilines is 2. The Kier molecular flexibility index (Phi) is 3.19. The summed E-state index contributed by atoms with van der Waals surface area (Å²) < 4.78 is 26.8. The minimum Gasteiger partial charge on any atom is -0.335 e. The van der Waals surface area contributed by atoms with Gasteiger partial charge in [0.15, 0.2) is 0 Å². The van der Waals surface area contributed by atoms with Gasteiger partial charge < -0.3 is 5.32 Å². The Morgan fingerprint density at radius 3 is 2.53 bits per heavy atom. The van der Waals surface area contributed by atoms with Gasteiger partial charge in [0.05, 0.1) is 0 Å². The molecule has 0 unspecified atom stereocenters. The van der Waals surface area contributed by atoms with E-state index in [0.29, 0.717) is 5.56 Å². The van der Waals surface area contributed by atoms with Gasteiger partial charge in [0.25, 0.3) is 0 Å². The molecule has 1 heterocycles. The summed E-state index contributed by atoms with van der Waals surface area (Å²) in [5.74, 6) is -1.12. The highest BCUT2D eigenvalue weighted by molar-refractivity contribution is 6.28. The van der Waals surface area contributed by atoms with Crippen molar-refractivity contribution in [1.29, 1.82) is 0 Å². The fraction of sp³-hybridized carbons (Fsp3) is 0.0909. The normalized spacial score (nSPS) is 10.4. The minimum absolute atomic E-state index is 0.00912. The molecule has 2 rings (SSSR count). The third-order valence-electron chi connectivity index (χ3n) is 2.15. The van der Waals surface area contributed by atoms with Crippen molar-refractivity contribution >= 4 is 23.1 Å². The van der Waals surface area contributed by atoms with Gasteiger partial charge in [0.2, 0.25) is 5.28 Å². The van der Waals surface area contributed by atoms with Crippen LogP contribution in [-0.4, -0.2) is 9.97 Å². The van der Waals surface area contributed by atoms with Crippen LogP contribution in [0.4, 0.5) is 20.3 Å². The quantitative estimate of drug-likeness (QED) is 0.835. The van der Waals surface area contributed by atoms with Crippen LogP contribution >= 0.6 is 11.6 Å². The van der Waals surface area contributed by atoms with Gasteiger partial charge in [-0.3, -0.25) is 0 Å². The van der Waals surface area contributed by atoms with Gasteiger partial charge in [0.1, 0.15) is 23.1 Å². The maximum Gasteiger partial charge on any atom is 0.224 e. The second-order valence-corrected chi connectivity index (χ2v) is 3.73. The topological polar surface area (TPSA) is 37.8 Å². The zero-order valence-corrected chi connectivity index (χ0v) is 9.59. The predicted molar refractivity (Wildman–Crippen MR) is 61.4 cm³/mol. The number of para-hydroxylation sites is 1. The molecule has 1 N–H and O–H groups in total. The first-order valence-electron chi connectivity index (χ1n) is 4.78. The number of nitrogens with one attached hydrogen (secondary N) is 1. The van der Waals surface area contributed by atoms with E-state index in [1.54, 1.807) is 6.92 Å². The summed E-state index contributed by atoms with van der Waals surface area (Å²) in [7, 11) is 0. The van der Waals surface area contributed by atoms with Crippen molar-refractivity contribution in [3.05, 3.63) is 46.9 Å². The van der Waals surface area contributed by atoms with E-state index < -0.39 is 11.6 Å². The molecule has 0 saturated heterocycles. The summed E-state index contributed by atoms with van der Waals surface area (Å²) in [4.78, 5) is 7.61. The highest BCUT2D eigenvalue weighted by Gasteiger charge is 2.11. The molecule has 88 valence electrons. The van der Waals surface area contributed by atoms with Crippen LogP contribution < -0.4 is 5.32 Å². The lowest BCUT2D eigenvalue weighted by molar-refractivity contribution is 0.590. The molecule has 0 atom stereocenters. The molecule has 17 heavy (non-hydrogen) atoms. The Morgan fingerprint density at radius 1 is 1.24 bits per heavy atom. The number of hydrogen-bond acceptors (Lipinski definition) is 3. The van der Waals surface area contributed by atoms with Gasteiger partial charge in [-0.05, 0) is 30.7 Å². The van der Waals surface area contributed by atoms with Crippen LogP contribution in [0, 0.1) is 18.6 Å². The molecule has 2 aromatic rings. The lowest BCUT2D eigenvalue weighted by Gasteiger charge is -2.09. The van der Waals surface area contributed by atoms with Crippen LogP contribution in [0.25, 0.3) is 0 Å². The Balaban J connectivity index is 2.41. The third kappa shape index (κ3) is 2.50.